The summed E-state index contributed by atoms with van der Waals surface area (Å²) < 4.78 is 0. The van der Waals surface area contributed by atoms with Gasteiger partial charge in [-0.05, 0) is 26.0 Å². The maximum Gasteiger partial charge on any atom is 0.225 e. The first-order valence-electron chi connectivity index (χ1n) is 8.41. The van der Waals surface area contributed by atoms with Gasteiger partial charge in [0.15, 0.2) is 0 Å². The lowest BCUT2D eigenvalue weighted by Crippen LogP contribution is -2.34. The molecule has 2 aromatic rings. The van der Waals surface area contributed by atoms with Crippen molar-refractivity contribution in [3.63, 3.8) is 0 Å². The van der Waals surface area contributed by atoms with Crippen molar-refractivity contribution in [2.24, 2.45) is 5.92 Å². The Morgan fingerprint density at radius 2 is 2.24 bits per heavy atom. The average molecular weight is 358 g/mol. The molecule has 0 bridgehead atoms. The van der Waals surface area contributed by atoms with Crippen molar-refractivity contribution in [3.8, 4) is 0 Å². The van der Waals surface area contributed by atoms with Gasteiger partial charge in [0.05, 0.1) is 28.9 Å². The van der Waals surface area contributed by atoms with Crippen LogP contribution in [0.25, 0.3) is 0 Å². The van der Waals surface area contributed by atoms with Crippen LogP contribution in [-0.4, -0.2) is 39.8 Å². The molecular weight excluding hydrogens is 336 g/mol. The summed E-state index contributed by atoms with van der Waals surface area (Å²) >= 11 is 1.67. The largest absolute Gasteiger partial charge is 0.355 e. The van der Waals surface area contributed by atoms with Gasteiger partial charge in [0.25, 0.3) is 0 Å². The van der Waals surface area contributed by atoms with Crippen LogP contribution in [0.15, 0.2) is 24.4 Å². The van der Waals surface area contributed by atoms with Gasteiger partial charge >= 0.3 is 0 Å². The summed E-state index contributed by atoms with van der Waals surface area (Å²) in [5.41, 5.74) is 1.89. The predicted molar refractivity (Wildman–Crippen MR) is 96.1 cm³/mol. The molecule has 0 radical (unpaired) electrons. The molecule has 0 spiro atoms. The van der Waals surface area contributed by atoms with Gasteiger partial charge in [-0.3, -0.25) is 14.6 Å². The van der Waals surface area contributed by atoms with Crippen LogP contribution in [-0.2, 0) is 22.6 Å². The number of aryl methyl sites for hydroxylation is 2. The Hall–Kier alpha value is -2.28. The number of rotatable bonds is 6. The highest BCUT2D eigenvalue weighted by Crippen LogP contribution is 2.20. The number of carbonyl (C=O) groups is 2. The van der Waals surface area contributed by atoms with Crippen LogP contribution < -0.4 is 5.32 Å². The number of hydrogen-bond acceptors (Lipinski definition) is 5. The number of thiazole rings is 1. The van der Waals surface area contributed by atoms with Crippen molar-refractivity contribution in [2.45, 2.75) is 33.2 Å². The second-order valence-corrected chi connectivity index (χ2v) is 7.57. The van der Waals surface area contributed by atoms with Gasteiger partial charge in [0.1, 0.15) is 0 Å². The van der Waals surface area contributed by atoms with E-state index < -0.39 is 0 Å². The fourth-order valence-electron chi connectivity index (χ4n) is 2.87. The molecule has 1 fully saturated rings. The fourth-order valence-corrected chi connectivity index (χ4v) is 3.80. The number of aromatic nitrogens is 2. The number of nitrogens with zero attached hydrogens (tertiary/aromatic N) is 3. The van der Waals surface area contributed by atoms with E-state index in [-0.39, 0.29) is 24.2 Å². The van der Waals surface area contributed by atoms with Crippen molar-refractivity contribution < 1.29 is 9.59 Å². The number of pyridine rings is 1. The highest BCUT2D eigenvalue weighted by atomic mass is 32.1. The molecule has 3 heterocycles. The predicted octanol–water partition coefficient (Wildman–Crippen LogP) is 1.86. The normalized spacial score (nSPS) is 17.1. The average Bonchev–Trinajstić information content (AvgIpc) is 3.11. The number of amides is 2. The molecule has 6 nitrogen and oxygen atoms in total. The molecule has 1 saturated heterocycles. The quantitative estimate of drug-likeness (QED) is 0.855. The van der Waals surface area contributed by atoms with E-state index in [2.05, 4.69) is 22.2 Å². The van der Waals surface area contributed by atoms with Crippen molar-refractivity contribution in [1.29, 1.82) is 0 Å². The molecule has 1 N–H and O–H groups in total. The first-order chi connectivity index (χ1) is 12.0. The van der Waals surface area contributed by atoms with Gasteiger partial charge in [0.2, 0.25) is 11.8 Å². The van der Waals surface area contributed by atoms with E-state index in [1.165, 1.54) is 4.88 Å². The molecule has 2 aromatic heterocycles. The second kappa shape index (κ2) is 7.74. The number of hydrogen-bond donors (Lipinski definition) is 1. The molecule has 1 aliphatic heterocycles. The van der Waals surface area contributed by atoms with Gasteiger partial charge in [0, 0.05) is 37.0 Å². The van der Waals surface area contributed by atoms with Crippen molar-refractivity contribution >= 4 is 23.2 Å². The van der Waals surface area contributed by atoms with Crippen LogP contribution >= 0.6 is 11.3 Å². The summed E-state index contributed by atoms with van der Waals surface area (Å²) in [5, 5.41) is 3.98. The second-order valence-electron chi connectivity index (χ2n) is 6.29. The van der Waals surface area contributed by atoms with Gasteiger partial charge in [-0.25, -0.2) is 4.98 Å². The Balaban J connectivity index is 1.47. The molecule has 2 amide bonds. The molecule has 1 aliphatic rings. The van der Waals surface area contributed by atoms with E-state index >= 15 is 0 Å². The van der Waals surface area contributed by atoms with Crippen LogP contribution in [0.3, 0.4) is 0 Å². The third-order valence-corrected chi connectivity index (χ3v) is 5.51. The maximum absolute atomic E-state index is 12.3. The third kappa shape index (κ3) is 4.42. The summed E-state index contributed by atoms with van der Waals surface area (Å²) in [5.74, 6) is -0.324. The highest BCUT2D eigenvalue weighted by Gasteiger charge is 2.34. The van der Waals surface area contributed by atoms with Crippen LogP contribution in [0, 0.1) is 19.8 Å². The van der Waals surface area contributed by atoms with Crippen molar-refractivity contribution in [2.75, 3.05) is 13.1 Å². The van der Waals surface area contributed by atoms with Crippen molar-refractivity contribution in [1.82, 2.24) is 20.2 Å². The van der Waals surface area contributed by atoms with E-state index in [0.717, 1.165) is 22.8 Å². The molecule has 0 saturated carbocycles. The highest BCUT2D eigenvalue weighted by molar-refractivity contribution is 7.11. The molecule has 1 unspecified atom stereocenters. The smallest absolute Gasteiger partial charge is 0.225 e. The summed E-state index contributed by atoms with van der Waals surface area (Å²) in [6.07, 6.45) is 2.71. The van der Waals surface area contributed by atoms with Gasteiger partial charge in [-0.1, -0.05) is 6.07 Å². The maximum atomic E-state index is 12.3. The Morgan fingerprint density at radius 1 is 1.40 bits per heavy atom. The minimum Gasteiger partial charge on any atom is -0.355 e. The Bertz CT molecular complexity index is 740. The Morgan fingerprint density at radius 3 is 2.92 bits per heavy atom. The zero-order valence-electron chi connectivity index (χ0n) is 14.5. The molecule has 132 valence electrons. The van der Waals surface area contributed by atoms with Gasteiger partial charge in [-0.15, -0.1) is 11.3 Å². The van der Waals surface area contributed by atoms with Crippen LogP contribution in [0.5, 0.6) is 0 Å². The molecule has 1 atom stereocenters. The number of carbonyl (C=O) groups excluding carboxylic acids is 2. The lowest BCUT2D eigenvalue weighted by atomic mass is 10.1. The monoisotopic (exact) mass is 358 g/mol. The molecule has 0 aliphatic carbocycles. The fraction of sp³-hybridized carbons (Fsp3) is 0.444. The SMILES string of the molecule is Cc1nc(CCNC(=O)C2CC(=O)N(Cc3ccccn3)C2)sc1C. The van der Waals surface area contributed by atoms with Crippen LogP contribution in [0.4, 0.5) is 0 Å². The topological polar surface area (TPSA) is 75.2 Å². The molecule has 3 rings (SSSR count). The van der Waals surface area contributed by atoms with E-state index in [0.29, 0.717) is 19.6 Å². The first-order valence-corrected chi connectivity index (χ1v) is 9.23. The van der Waals surface area contributed by atoms with E-state index in [1.807, 2.05) is 25.1 Å². The lowest BCUT2D eigenvalue weighted by Gasteiger charge is -2.16. The molecular formula is C18H22N4O2S. The lowest BCUT2D eigenvalue weighted by molar-refractivity contribution is -0.129. The summed E-state index contributed by atoms with van der Waals surface area (Å²) in [4.78, 5) is 36.1. The Kier molecular flexibility index (Phi) is 5.43. The van der Waals surface area contributed by atoms with Crippen LogP contribution in [0.2, 0.25) is 0 Å². The van der Waals surface area contributed by atoms with Gasteiger partial charge < -0.3 is 10.2 Å². The Labute approximate surface area is 151 Å². The van der Waals surface area contributed by atoms with Crippen LogP contribution in [0.1, 0.15) is 27.7 Å². The summed E-state index contributed by atoms with van der Waals surface area (Å²) in [7, 11) is 0. The minimum absolute atomic E-state index is 0.0111. The standard InChI is InChI=1S/C18H22N4O2S/c1-12-13(2)25-16(21-12)6-8-20-18(24)14-9-17(23)22(10-14)11-15-5-3-4-7-19-15/h3-5,7,14H,6,8-11H2,1-2H3,(H,20,24). The zero-order chi connectivity index (χ0) is 17.8. The summed E-state index contributed by atoms with van der Waals surface area (Å²) in [6, 6.07) is 5.63. The van der Waals surface area contributed by atoms with E-state index in [4.69, 9.17) is 0 Å². The number of likely N-dealkylation sites (tertiary alicyclic amines) is 1. The third-order valence-electron chi connectivity index (χ3n) is 4.38. The molecule has 25 heavy (non-hydrogen) atoms. The number of nitrogens with one attached hydrogen (secondary N) is 1. The van der Waals surface area contributed by atoms with Gasteiger partial charge in [-0.2, -0.15) is 0 Å². The molecule has 0 aromatic carbocycles. The van der Waals surface area contributed by atoms with E-state index in [9.17, 15) is 9.59 Å². The zero-order valence-corrected chi connectivity index (χ0v) is 15.3. The van der Waals surface area contributed by atoms with E-state index in [1.54, 1.807) is 22.4 Å². The minimum atomic E-state index is -0.282. The summed E-state index contributed by atoms with van der Waals surface area (Å²) in [6.45, 7) is 5.51. The molecule has 7 heteroatoms. The van der Waals surface area contributed by atoms with Crippen molar-refractivity contribution in [3.05, 3.63) is 45.7 Å². The first kappa shape index (κ1) is 17.5.